The van der Waals surface area contributed by atoms with E-state index in [0.29, 0.717) is 0 Å². The number of amides is 1. The van der Waals surface area contributed by atoms with Crippen LogP contribution in [0.25, 0.3) is 0 Å². The lowest BCUT2D eigenvalue weighted by Gasteiger charge is -2.40. The van der Waals surface area contributed by atoms with Gasteiger partial charge in [0, 0.05) is 38.6 Å². The summed E-state index contributed by atoms with van der Waals surface area (Å²) in [5, 5.41) is 0. The maximum atomic E-state index is 12.9. The standard InChI is InChI=1S/C24H28N4O2/c1-19(28-13-12-25-18-28)24(29)27-16-14-26(15-17-27)23(20-6-4-3-5-7-20)21-8-10-22(30-2)11-9-21/h3-13,18-19,23H,14-17H2,1-2H3/t19-,23+/m0/s1. The smallest absolute Gasteiger partial charge is 0.245 e. The molecular weight excluding hydrogens is 376 g/mol. The summed E-state index contributed by atoms with van der Waals surface area (Å²) < 4.78 is 7.19. The van der Waals surface area contributed by atoms with Gasteiger partial charge >= 0.3 is 0 Å². The number of piperazine rings is 1. The van der Waals surface area contributed by atoms with Crippen molar-refractivity contribution in [2.45, 2.75) is 19.0 Å². The summed E-state index contributed by atoms with van der Waals surface area (Å²) in [6.07, 6.45) is 5.25. The molecule has 0 unspecified atom stereocenters. The molecule has 1 amide bonds. The van der Waals surface area contributed by atoms with Crippen LogP contribution in [0.15, 0.2) is 73.3 Å². The van der Waals surface area contributed by atoms with E-state index < -0.39 is 0 Å². The van der Waals surface area contributed by atoms with Gasteiger partial charge in [0.1, 0.15) is 11.8 Å². The summed E-state index contributed by atoms with van der Waals surface area (Å²) in [6, 6.07) is 18.8. The molecule has 0 spiro atoms. The molecule has 1 saturated heterocycles. The van der Waals surface area contributed by atoms with Crippen LogP contribution in [0.3, 0.4) is 0 Å². The third kappa shape index (κ3) is 4.24. The van der Waals surface area contributed by atoms with Crippen LogP contribution in [0.2, 0.25) is 0 Å². The van der Waals surface area contributed by atoms with E-state index in [1.54, 1.807) is 19.6 Å². The van der Waals surface area contributed by atoms with E-state index >= 15 is 0 Å². The number of aromatic nitrogens is 2. The zero-order chi connectivity index (χ0) is 20.9. The van der Waals surface area contributed by atoms with E-state index in [0.717, 1.165) is 31.9 Å². The third-order valence-corrected chi connectivity index (χ3v) is 5.87. The molecule has 0 aliphatic carbocycles. The molecule has 6 heteroatoms. The Balaban J connectivity index is 1.50. The summed E-state index contributed by atoms with van der Waals surface area (Å²) in [6.45, 7) is 5.02. The van der Waals surface area contributed by atoms with Gasteiger partial charge in [-0.05, 0) is 30.2 Å². The zero-order valence-corrected chi connectivity index (χ0v) is 17.5. The Morgan fingerprint density at radius 3 is 2.23 bits per heavy atom. The fraction of sp³-hybridized carbons (Fsp3) is 0.333. The van der Waals surface area contributed by atoms with Crippen molar-refractivity contribution in [1.82, 2.24) is 19.4 Å². The topological polar surface area (TPSA) is 50.6 Å². The average molecular weight is 405 g/mol. The number of carbonyl (C=O) groups is 1. The molecule has 0 bridgehead atoms. The molecule has 2 heterocycles. The van der Waals surface area contributed by atoms with Crippen molar-refractivity contribution in [2.24, 2.45) is 0 Å². The quantitative estimate of drug-likeness (QED) is 0.632. The van der Waals surface area contributed by atoms with Crippen molar-refractivity contribution >= 4 is 5.91 Å². The van der Waals surface area contributed by atoms with Gasteiger partial charge in [-0.25, -0.2) is 4.98 Å². The molecule has 6 nitrogen and oxygen atoms in total. The number of nitrogens with zero attached hydrogens (tertiary/aromatic N) is 4. The van der Waals surface area contributed by atoms with Crippen molar-refractivity contribution < 1.29 is 9.53 Å². The number of methoxy groups -OCH3 is 1. The molecule has 0 N–H and O–H groups in total. The summed E-state index contributed by atoms with van der Waals surface area (Å²) in [5.41, 5.74) is 2.49. The highest BCUT2D eigenvalue weighted by Gasteiger charge is 2.30. The molecule has 4 rings (SSSR count). The lowest BCUT2D eigenvalue weighted by molar-refractivity contribution is -0.136. The second-order valence-electron chi connectivity index (χ2n) is 7.63. The number of imidazole rings is 1. The van der Waals surface area contributed by atoms with Crippen molar-refractivity contribution in [2.75, 3.05) is 33.3 Å². The van der Waals surface area contributed by atoms with Crippen LogP contribution in [0.1, 0.15) is 30.1 Å². The first kappa shape index (κ1) is 20.2. The van der Waals surface area contributed by atoms with Gasteiger partial charge in [-0.2, -0.15) is 0 Å². The number of ether oxygens (including phenoxy) is 1. The Labute approximate surface area is 177 Å². The molecule has 2 atom stereocenters. The van der Waals surface area contributed by atoms with E-state index in [4.69, 9.17) is 4.74 Å². The van der Waals surface area contributed by atoms with E-state index in [1.807, 2.05) is 40.8 Å². The first-order valence-corrected chi connectivity index (χ1v) is 10.4. The van der Waals surface area contributed by atoms with Crippen molar-refractivity contribution in [1.29, 1.82) is 0 Å². The minimum Gasteiger partial charge on any atom is -0.497 e. The minimum atomic E-state index is -0.231. The first-order chi connectivity index (χ1) is 14.7. The lowest BCUT2D eigenvalue weighted by Crippen LogP contribution is -2.51. The van der Waals surface area contributed by atoms with Gasteiger partial charge in [-0.1, -0.05) is 42.5 Å². The monoisotopic (exact) mass is 404 g/mol. The lowest BCUT2D eigenvalue weighted by atomic mass is 9.96. The summed E-state index contributed by atoms with van der Waals surface area (Å²) in [7, 11) is 1.69. The Morgan fingerprint density at radius 1 is 0.967 bits per heavy atom. The van der Waals surface area contributed by atoms with Crippen LogP contribution in [0, 0.1) is 0 Å². The van der Waals surface area contributed by atoms with E-state index in [1.165, 1.54) is 11.1 Å². The second kappa shape index (κ2) is 9.13. The second-order valence-corrected chi connectivity index (χ2v) is 7.63. The maximum absolute atomic E-state index is 12.9. The van der Waals surface area contributed by atoms with Gasteiger partial charge in [0.2, 0.25) is 5.91 Å². The average Bonchev–Trinajstić information content (AvgIpc) is 3.35. The van der Waals surface area contributed by atoms with Crippen molar-refractivity contribution in [3.63, 3.8) is 0 Å². The van der Waals surface area contributed by atoms with E-state index in [9.17, 15) is 4.79 Å². The van der Waals surface area contributed by atoms with E-state index in [2.05, 4.69) is 46.3 Å². The van der Waals surface area contributed by atoms with Gasteiger partial charge in [0.25, 0.3) is 0 Å². The van der Waals surface area contributed by atoms with Gasteiger partial charge in [0.15, 0.2) is 0 Å². The zero-order valence-electron chi connectivity index (χ0n) is 17.5. The minimum absolute atomic E-state index is 0.147. The molecule has 30 heavy (non-hydrogen) atoms. The fourth-order valence-corrected chi connectivity index (χ4v) is 4.13. The van der Waals surface area contributed by atoms with Gasteiger partial charge in [-0.15, -0.1) is 0 Å². The molecule has 1 fully saturated rings. The molecule has 0 saturated carbocycles. The molecule has 1 aliphatic rings. The predicted octanol–water partition coefficient (Wildman–Crippen LogP) is 3.39. The van der Waals surface area contributed by atoms with Crippen LogP contribution in [0.4, 0.5) is 0 Å². The highest BCUT2D eigenvalue weighted by molar-refractivity contribution is 5.80. The number of rotatable bonds is 6. The van der Waals surface area contributed by atoms with Crippen LogP contribution in [0.5, 0.6) is 5.75 Å². The summed E-state index contributed by atoms with van der Waals surface area (Å²) >= 11 is 0. The molecule has 0 radical (unpaired) electrons. The van der Waals surface area contributed by atoms with Crippen LogP contribution in [-0.2, 0) is 4.79 Å². The maximum Gasteiger partial charge on any atom is 0.245 e. The summed E-state index contributed by atoms with van der Waals surface area (Å²) in [5.74, 6) is 1.00. The Morgan fingerprint density at radius 2 is 1.63 bits per heavy atom. The number of hydrogen-bond donors (Lipinski definition) is 0. The molecule has 156 valence electrons. The van der Waals surface area contributed by atoms with Gasteiger partial charge in [0.05, 0.1) is 19.5 Å². The number of hydrogen-bond acceptors (Lipinski definition) is 4. The third-order valence-electron chi connectivity index (χ3n) is 5.87. The molecule has 2 aromatic carbocycles. The number of benzene rings is 2. The molecule has 3 aromatic rings. The molecular formula is C24H28N4O2. The van der Waals surface area contributed by atoms with Crippen LogP contribution < -0.4 is 4.74 Å². The summed E-state index contributed by atoms with van der Waals surface area (Å²) in [4.78, 5) is 21.4. The largest absolute Gasteiger partial charge is 0.497 e. The molecule has 1 aromatic heterocycles. The highest BCUT2D eigenvalue weighted by atomic mass is 16.5. The highest BCUT2D eigenvalue weighted by Crippen LogP contribution is 2.31. The van der Waals surface area contributed by atoms with Crippen LogP contribution >= 0.6 is 0 Å². The normalized spacial score (nSPS) is 16.8. The van der Waals surface area contributed by atoms with Crippen molar-refractivity contribution in [3.8, 4) is 5.75 Å². The Hall–Kier alpha value is -3.12. The van der Waals surface area contributed by atoms with Gasteiger partial charge < -0.3 is 14.2 Å². The molecule has 1 aliphatic heterocycles. The fourth-order valence-electron chi connectivity index (χ4n) is 4.13. The van der Waals surface area contributed by atoms with E-state index in [-0.39, 0.29) is 18.0 Å². The van der Waals surface area contributed by atoms with Crippen molar-refractivity contribution in [3.05, 3.63) is 84.4 Å². The van der Waals surface area contributed by atoms with Gasteiger partial charge in [-0.3, -0.25) is 9.69 Å². The number of carbonyl (C=O) groups excluding carboxylic acids is 1. The van der Waals surface area contributed by atoms with Crippen LogP contribution in [-0.4, -0.2) is 58.5 Å². The predicted molar refractivity (Wildman–Crippen MR) is 116 cm³/mol. The first-order valence-electron chi connectivity index (χ1n) is 10.4. The SMILES string of the molecule is COc1ccc([C@@H](c2ccccc2)N2CCN(C(=O)[C@H](C)n3ccnc3)CC2)cc1. The Kier molecular flexibility index (Phi) is 6.14. The Bertz CT molecular complexity index is 933.